The van der Waals surface area contributed by atoms with Gasteiger partial charge in [0.2, 0.25) is 11.8 Å². The zero-order chi connectivity index (χ0) is 24.9. The molecule has 13 heteroatoms. The van der Waals surface area contributed by atoms with Gasteiger partial charge in [-0.1, -0.05) is 6.07 Å². The maximum absolute atomic E-state index is 13.5. The summed E-state index contributed by atoms with van der Waals surface area (Å²) in [7, 11) is 0. The maximum atomic E-state index is 13.5. The number of aromatic nitrogens is 2. The van der Waals surface area contributed by atoms with Crippen LogP contribution in [0.3, 0.4) is 0 Å². The van der Waals surface area contributed by atoms with Gasteiger partial charge in [-0.3, -0.25) is 9.69 Å². The zero-order valence-corrected chi connectivity index (χ0v) is 18.4. The topological polar surface area (TPSA) is 152 Å². The summed E-state index contributed by atoms with van der Waals surface area (Å²) in [6.45, 7) is 3.38. The lowest BCUT2D eigenvalue weighted by atomic mass is 9.90. The quantitative estimate of drug-likeness (QED) is 0.536. The van der Waals surface area contributed by atoms with E-state index in [2.05, 4.69) is 15.3 Å². The van der Waals surface area contributed by atoms with Crippen molar-refractivity contribution in [2.24, 2.45) is 5.73 Å². The third-order valence-electron chi connectivity index (χ3n) is 5.14. The van der Waals surface area contributed by atoms with Gasteiger partial charge in [0.25, 0.3) is 5.91 Å². The minimum atomic E-state index is -4.60. The fourth-order valence-electron chi connectivity index (χ4n) is 3.50. The first-order valence-corrected chi connectivity index (χ1v) is 10.4. The molecule has 1 atom stereocenters. The van der Waals surface area contributed by atoms with E-state index in [-0.39, 0.29) is 41.9 Å². The van der Waals surface area contributed by atoms with Gasteiger partial charge in [0.1, 0.15) is 11.6 Å². The summed E-state index contributed by atoms with van der Waals surface area (Å²) in [5.74, 6) is -1.30. The third-order valence-corrected chi connectivity index (χ3v) is 5.14. The van der Waals surface area contributed by atoms with E-state index in [0.717, 1.165) is 18.2 Å². The zero-order valence-electron chi connectivity index (χ0n) is 18.4. The fourth-order valence-corrected chi connectivity index (χ4v) is 3.50. The Bertz CT molecular complexity index is 1080. The summed E-state index contributed by atoms with van der Waals surface area (Å²) in [5.41, 5.74) is 8.98. The number of rotatable bonds is 7. The van der Waals surface area contributed by atoms with Crippen LogP contribution in [0.25, 0.3) is 0 Å². The fraction of sp³-hybridized carbons (Fsp3) is 0.429. The van der Waals surface area contributed by atoms with Crippen LogP contribution in [0.2, 0.25) is 0 Å². The molecule has 1 aromatic heterocycles. The van der Waals surface area contributed by atoms with Gasteiger partial charge in [-0.2, -0.15) is 23.4 Å². The first-order chi connectivity index (χ1) is 16.1. The molecule has 10 nitrogen and oxygen atoms in total. The van der Waals surface area contributed by atoms with Crippen molar-refractivity contribution in [2.45, 2.75) is 18.6 Å². The maximum Gasteiger partial charge on any atom is 0.416 e. The average Bonchev–Trinajstić information content (AvgIpc) is 2.79. The Morgan fingerprint density at radius 3 is 2.65 bits per heavy atom. The normalized spacial score (nSPS) is 16.4. The molecule has 0 unspecified atom stereocenters. The van der Waals surface area contributed by atoms with Gasteiger partial charge >= 0.3 is 6.18 Å². The van der Waals surface area contributed by atoms with Gasteiger partial charge in [0.05, 0.1) is 31.1 Å². The summed E-state index contributed by atoms with van der Waals surface area (Å²) < 4.78 is 50.1. The molecule has 34 heavy (non-hydrogen) atoms. The Morgan fingerprint density at radius 1 is 1.32 bits per heavy atom. The van der Waals surface area contributed by atoms with E-state index in [4.69, 9.17) is 20.9 Å². The second-order valence-electron chi connectivity index (χ2n) is 7.55. The van der Waals surface area contributed by atoms with Crippen molar-refractivity contribution < 1.29 is 27.4 Å². The molecule has 1 aliphatic rings. The van der Waals surface area contributed by atoms with E-state index in [1.165, 1.54) is 6.07 Å². The molecule has 0 radical (unpaired) electrons. The summed E-state index contributed by atoms with van der Waals surface area (Å²) >= 11 is 0. The van der Waals surface area contributed by atoms with Crippen LogP contribution in [-0.4, -0.2) is 60.2 Å². The monoisotopic (exact) mass is 479 g/mol. The number of carbonyl (C=O) groups excluding carboxylic acids is 1. The summed E-state index contributed by atoms with van der Waals surface area (Å²) in [6, 6.07) is 6.04. The van der Waals surface area contributed by atoms with Crippen LogP contribution in [0.4, 0.5) is 24.8 Å². The molecule has 5 N–H and O–H groups in total. The van der Waals surface area contributed by atoms with Crippen molar-refractivity contribution in [1.82, 2.24) is 14.9 Å². The number of nitrogens with zero attached hydrogens (tertiary/aromatic N) is 4. The summed E-state index contributed by atoms with van der Waals surface area (Å²) in [6.07, 6.45) is -4.60. The average molecular weight is 479 g/mol. The van der Waals surface area contributed by atoms with Crippen LogP contribution in [0, 0.1) is 11.3 Å². The predicted octanol–water partition coefficient (Wildman–Crippen LogP) is 1.47. The number of carbonyl (C=O) groups is 1. The Hall–Kier alpha value is -3.47. The highest BCUT2D eigenvalue weighted by Crippen LogP contribution is 2.32. The number of nitrogen functional groups attached to an aromatic ring is 1. The first kappa shape index (κ1) is 25.2. The first-order valence-electron chi connectivity index (χ1n) is 10.4. The van der Waals surface area contributed by atoms with E-state index < -0.39 is 23.2 Å². The van der Waals surface area contributed by atoms with Crippen LogP contribution in [0.15, 0.2) is 24.3 Å². The lowest BCUT2D eigenvalue weighted by Crippen LogP contribution is -2.58. The van der Waals surface area contributed by atoms with Gasteiger partial charge in [-0.05, 0) is 25.1 Å². The largest absolute Gasteiger partial charge is 0.477 e. The molecule has 1 amide bonds. The van der Waals surface area contributed by atoms with Crippen molar-refractivity contribution in [3.05, 3.63) is 41.1 Å². The molecule has 1 saturated heterocycles. The van der Waals surface area contributed by atoms with Gasteiger partial charge in [0, 0.05) is 25.3 Å². The number of ether oxygens (including phenoxy) is 2. The minimum Gasteiger partial charge on any atom is -0.477 e. The molecule has 1 aliphatic heterocycles. The van der Waals surface area contributed by atoms with Gasteiger partial charge < -0.3 is 26.3 Å². The van der Waals surface area contributed by atoms with Crippen molar-refractivity contribution in [3.8, 4) is 11.9 Å². The summed E-state index contributed by atoms with van der Waals surface area (Å²) in [5, 5.41) is 12.2. The standard InChI is InChI=1S/C21H24F3N7O3/c1-2-34-17-15(11-25)16(29-19(26)30-17)20(27,12-31-6-8-33-9-7-31)18(32)28-14-5-3-4-13(10-14)21(22,23)24/h3-5,10H,2,6-9,12,27H2,1H3,(H,28,32)(H2,26,29,30)/t20-/m1/s1. The molecule has 0 spiro atoms. The Balaban J connectivity index is 2.07. The Morgan fingerprint density at radius 2 is 2.03 bits per heavy atom. The second kappa shape index (κ2) is 10.2. The molecule has 2 heterocycles. The molecule has 2 aromatic rings. The van der Waals surface area contributed by atoms with Crippen molar-refractivity contribution in [2.75, 3.05) is 50.5 Å². The number of nitrogens with one attached hydrogen (secondary N) is 1. The number of nitriles is 1. The lowest BCUT2D eigenvalue weighted by Gasteiger charge is -2.36. The molecule has 0 aliphatic carbocycles. The molecule has 0 bridgehead atoms. The number of benzene rings is 1. The molecule has 1 aromatic carbocycles. The van der Waals surface area contributed by atoms with Crippen molar-refractivity contribution in [3.63, 3.8) is 0 Å². The molecule has 182 valence electrons. The number of halogens is 3. The van der Waals surface area contributed by atoms with Gasteiger partial charge in [-0.15, -0.1) is 0 Å². The van der Waals surface area contributed by atoms with E-state index >= 15 is 0 Å². The highest BCUT2D eigenvalue weighted by Gasteiger charge is 2.43. The number of morpholine rings is 1. The van der Waals surface area contributed by atoms with Crippen LogP contribution >= 0.6 is 0 Å². The lowest BCUT2D eigenvalue weighted by molar-refractivity contribution is -0.137. The number of hydrogen-bond acceptors (Lipinski definition) is 9. The van der Waals surface area contributed by atoms with Crippen molar-refractivity contribution in [1.29, 1.82) is 5.26 Å². The highest BCUT2D eigenvalue weighted by atomic mass is 19.4. The molecule has 3 rings (SSSR count). The van der Waals surface area contributed by atoms with Gasteiger partial charge in [-0.25, -0.2) is 4.98 Å². The summed E-state index contributed by atoms with van der Waals surface area (Å²) in [4.78, 5) is 23.3. The minimum absolute atomic E-state index is 0.113. The smallest absolute Gasteiger partial charge is 0.416 e. The van der Waals surface area contributed by atoms with E-state index in [1.807, 2.05) is 11.0 Å². The van der Waals surface area contributed by atoms with Crippen molar-refractivity contribution >= 4 is 17.5 Å². The molecular weight excluding hydrogens is 455 g/mol. The Kier molecular flexibility index (Phi) is 7.55. The molecule has 1 fully saturated rings. The van der Waals surface area contributed by atoms with E-state index in [9.17, 15) is 23.2 Å². The van der Waals surface area contributed by atoms with Gasteiger partial charge in [0.15, 0.2) is 5.54 Å². The predicted molar refractivity (Wildman–Crippen MR) is 116 cm³/mol. The number of amides is 1. The van der Waals surface area contributed by atoms with Crippen LogP contribution in [0.5, 0.6) is 5.88 Å². The third kappa shape index (κ3) is 5.53. The van der Waals surface area contributed by atoms with Crippen LogP contribution in [0.1, 0.15) is 23.7 Å². The number of hydrogen-bond donors (Lipinski definition) is 3. The van der Waals surface area contributed by atoms with Crippen LogP contribution in [-0.2, 0) is 21.2 Å². The number of anilines is 2. The molecule has 0 saturated carbocycles. The number of nitrogens with two attached hydrogens (primary N) is 2. The van der Waals surface area contributed by atoms with E-state index in [0.29, 0.717) is 26.3 Å². The SMILES string of the molecule is CCOc1nc(N)nc([C@](N)(CN2CCOCC2)C(=O)Nc2cccc(C(F)(F)F)c2)c1C#N. The molecular formula is C21H24F3N7O3. The number of alkyl halides is 3. The van der Waals surface area contributed by atoms with E-state index in [1.54, 1.807) is 6.92 Å². The Labute approximate surface area is 193 Å². The second-order valence-corrected chi connectivity index (χ2v) is 7.55. The van der Waals surface area contributed by atoms with Crippen LogP contribution < -0.4 is 21.5 Å². The highest BCUT2D eigenvalue weighted by molar-refractivity contribution is 5.99.